The van der Waals surface area contributed by atoms with Crippen LogP contribution in [0.2, 0.25) is 0 Å². The number of benzene rings is 2. The first-order valence-corrected chi connectivity index (χ1v) is 6.09. The molecule has 2 aromatic carbocycles. The summed E-state index contributed by atoms with van der Waals surface area (Å²) in [5.74, 6) is -0.970. The van der Waals surface area contributed by atoms with E-state index in [9.17, 15) is 8.78 Å². The quantitative estimate of drug-likeness (QED) is 0.678. The van der Waals surface area contributed by atoms with Crippen LogP contribution in [0.25, 0.3) is 0 Å². The van der Waals surface area contributed by atoms with Crippen LogP contribution in [0.4, 0.5) is 8.78 Å². The van der Waals surface area contributed by atoms with Crippen molar-refractivity contribution in [2.24, 2.45) is 0 Å². The third kappa shape index (κ3) is 2.39. The molecule has 0 nitrogen and oxygen atoms in total. The molecule has 0 radical (unpaired) electrons. The maximum Gasteiger partial charge on any atom is 0.128 e. The van der Waals surface area contributed by atoms with Crippen molar-refractivity contribution >= 4 is 11.6 Å². The number of aryl methyl sites for hydroxylation is 2. The molecule has 3 heteroatoms. The number of hydrogen-bond acceptors (Lipinski definition) is 0. The highest BCUT2D eigenvalue weighted by molar-refractivity contribution is 6.22. The molecule has 0 aliphatic carbocycles. The average molecular weight is 267 g/mol. The molecule has 0 aromatic heterocycles. The molecule has 0 bridgehead atoms. The fourth-order valence-corrected chi connectivity index (χ4v) is 2.60. The molecule has 0 aliphatic heterocycles. The third-order valence-corrected chi connectivity index (χ3v) is 3.48. The van der Waals surface area contributed by atoms with Crippen LogP contribution in [0.1, 0.15) is 27.6 Å². The van der Waals surface area contributed by atoms with E-state index in [0.717, 1.165) is 34.9 Å². The van der Waals surface area contributed by atoms with Gasteiger partial charge < -0.3 is 0 Å². The molecule has 0 N–H and O–H groups in total. The number of hydrogen-bond donors (Lipinski definition) is 0. The van der Waals surface area contributed by atoms with Gasteiger partial charge in [-0.2, -0.15) is 0 Å². The minimum atomic E-state index is -0.679. The Bertz CT molecular complexity index is 558. The van der Waals surface area contributed by atoms with Crippen molar-refractivity contribution in [2.45, 2.75) is 19.2 Å². The molecule has 1 unspecified atom stereocenters. The number of alkyl halides is 1. The van der Waals surface area contributed by atoms with Gasteiger partial charge in [0, 0.05) is 5.56 Å². The van der Waals surface area contributed by atoms with Gasteiger partial charge in [-0.1, -0.05) is 18.2 Å². The molecule has 1 atom stereocenters. The lowest BCUT2D eigenvalue weighted by Gasteiger charge is -2.16. The van der Waals surface area contributed by atoms with Gasteiger partial charge in [-0.3, -0.25) is 0 Å². The zero-order valence-corrected chi connectivity index (χ0v) is 10.9. The summed E-state index contributed by atoms with van der Waals surface area (Å²) in [5.41, 5.74) is 2.95. The van der Waals surface area contributed by atoms with Crippen molar-refractivity contribution in [2.75, 3.05) is 0 Å². The van der Waals surface area contributed by atoms with Crippen LogP contribution in [0.5, 0.6) is 0 Å². The lowest BCUT2D eigenvalue weighted by Crippen LogP contribution is -2.02. The summed E-state index contributed by atoms with van der Waals surface area (Å²) >= 11 is 6.31. The Morgan fingerprint density at radius 3 is 2.22 bits per heavy atom. The van der Waals surface area contributed by atoms with Gasteiger partial charge in [0.1, 0.15) is 11.6 Å². The standard InChI is InChI=1S/C15H13ClF2/c1-9-4-3-5-10(2)14(9)15(16)12-8-11(17)6-7-13(12)18/h3-8,15H,1-2H3. The van der Waals surface area contributed by atoms with E-state index >= 15 is 0 Å². The van der Waals surface area contributed by atoms with Crippen molar-refractivity contribution in [1.29, 1.82) is 0 Å². The average Bonchev–Trinajstić information content (AvgIpc) is 2.32. The van der Waals surface area contributed by atoms with Gasteiger partial charge in [0.25, 0.3) is 0 Å². The molecule has 0 spiro atoms. The third-order valence-electron chi connectivity index (χ3n) is 3.03. The first-order valence-electron chi connectivity index (χ1n) is 5.66. The summed E-state index contributed by atoms with van der Waals surface area (Å²) in [6.45, 7) is 3.82. The molecule has 0 heterocycles. The molecular weight excluding hydrogens is 254 g/mol. The van der Waals surface area contributed by atoms with E-state index in [0.29, 0.717) is 0 Å². The zero-order valence-electron chi connectivity index (χ0n) is 10.2. The molecule has 0 amide bonds. The summed E-state index contributed by atoms with van der Waals surface area (Å²) in [4.78, 5) is 0. The summed E-state index contributed by atoms with van der Waals surface area (Å²) in [5, 5.41) is -0.679. The highest BCUT2D eigenvalue weighted by atomic mass is 35.5. The smallest absolute Gasteiger partial charge is 0.128 e. The summed E-state index contributed by atoms with van der Waals surface area (Å²) in [6.07, 6.45) is 0. The second-order valence-corrected chi connectivity index (χ2v) is 4.77. The number of halogens is 3. The van der Waals surface area contributed by atoms with Crippen molar-refractivity contribution < 1.29 is 8.78 Å². The first kappa shape index (κ1) is 13.0. The van der Waals surface area contributed by atoms with E-state index in [2.05, 4.69) is 0 Å². The van der Waals surface area contributed by atoms with E-state index in [4.69, 9.17) is 11.6 Å². The van der Waals surface area contributed by atoms with Crippen LogP contribution >= 0.6 is 11.6 Å². The fourth-order valence-electron chi connectivity index (χ4n) is 2.09. The maximum absolute atomic E-state index is 13.7. The van der Waals surface area contributed by atoms with Crippen molar-refractivity contribution in [3.8, 4) is 0 Å². The normalized spacial score (nSPS) is 12.5. The van der Waals surface area contributed by atoms with Crippen LogP contribution in [-0.4, -0.2) is 0 Å². The zero-order chi connectivity index (χ0) is 13.3. The van der Waals surface area contributed by atoms with Gasteiger partial charge in [0.15, 0.2) is 0 Å². The molecule has 18 heavy (non-hydrogen) atoms. The van der Waals surface area contributed by atoms with E-state index in [1.807, 2.05) is 32.0 Å². The molecule has 2 rings (SSSR count). The SMILES string of the molecule is Cc1cccc(C)c1C(Cl)c1cc(F)ccc1F. The van der Waals surface area contributed by atoms with Crippen LogP contribution in [0, 0.1) is 25.5 Å². The van der Waals surface area contributed by atoms with Gasteiger partial charge >= 0.3 is 0 Å². The molecular formula is C15H13ClF2. The van der Waals surface area contributed by atoms with E-state index < -0.39 is 17.0 Å². The van der Waals surface area contributed by atoms with E-state index in [1.54, 1.807) is 0 Å². The Hall–Kier alpha value is -1.41. The summed E-state index contributed by atoms with van der Waals surface area (Å²) in [7, 11) is 0. The van der Waals surface area contributed by atoms with Crippen molar-refractivity contribution in [3.05, 3.63) is 70.3 Å². The molecule has 0 saturated heterocycles. The fraction of sp³-hybridized carbons (Fsp3) is 0.200. The highest BCUT2D eigenvalue weighted by Crippen LogP contribution is 2.34. The predicted molar refractivity (Wildman–Crippen MR) is 70.0 cm³/mol. The molecule has 2 aromatic rings. The van der Waals surface area contributed by atoms with Crippen LogP contribution in [0.15, 0.2) is 36.4 Å². The lowest BCUT2D eigenvalue weighted by molar-refractivity contribution is 0.587. The van der Waals surface area contributed by atoms with E-state index in [-0.39, 0.29) is 5.56 Å². The van der Waals surface area contributed by atoms with E-state index in [1.165, 1.54) is 0 Å². The van der Waals surface area contributed by atoms with Gasteiger partial charge in [-0.15, -0.1) is 11.6 Å². The monoisotopic (exact) mass is 266 g/mol. The molecule has 94 valence electrons. The van der Waals surface area contributed by atoms with Gasteiger partial charge in [0.2, 0.25) is 0 Å². The minimum Gasteiger partial charge on any atom is -0.207 e. The second-order valence-electron chi connectivity index (χ2n) is 4.33. The van der Waals surface area contributed by atoms with Crippen molar-refractivity contribution in [3.63, 3.8) is 0 Å². The Kier molecular flexibility index (Phi) is 3.67. The molecule has 0 aliphatic rings. The molecule has 0 saturated carbocycles. The largest absolute Gasteiger partial charge is 0.207 e. The minimum absolute atomic E-state index is 0.175. The topological polar surface area (TPSA) is 0 Å². The Labute approximate surface area is 110 Å². The van der Waals surface area contributed by atoms with Crippen LogP contribution in [-0.2, 0) is 0 Å². The maximum atomic E-state index is 13.7. The summed E-state index contributed by atoms with van der Waals surface area (Å²) < 4.78 is 26.9. The number of rotatable bonds is 2. The van der Waals surface area contributed by atoms with Gasteiger partial charge in [0.05, 0.1) is 5.38 Å². The Morgan fingerprint density at radius 1 is 1.00 bits per heavy atom. The second kappa shape index (κ2) is 5.07. The van der Waals surface area contributed by atoms with Crippen LogP contribution in [0.3, 0.4) is 0 Å². The molecule has 0 fully saturated rings. The Balaban J connectivity index is 2.54. The van der Waals surface area contributed by atoms with Gasteiger partial charge in [-0.05, 0) is 48.7 Å². The predicted octanol–water partition coefficient (Wildman–Crippen LogP) is 4.91. The Morgan fingerprint density at radius 2 is 1.61 bits per heavy atom. The summed E-state index contributed by atoms with van der Waals surface area (Å²) in [6, 6.07) is 9.09. The first-order chi connectivity index (χ1) is 8.50. The van der Waals surface area contributed by atoms with Gasteiger partial charge in [-0.25, -0.2) is 8.78 Å². The van der Waals surface area contributed by atoms with Crippen LogP contribution < -0.4 is 0 Å². The van der Waals surface area contributed by atoms with Crippen molar-refractivity contribution in [1.82, 2.24) is 0 Å². The lowest BCUT2D eigenvalue weighted by atomic mass is 9.95. The highest BCUT2D eigenvalue weighted by Gasteiger charge is 2.19.